The first kappa shape index (κ1) is 19.7. The third-order valence-electron chi connectivity index (χ3n) is 4.62. The summed E-state index contributed by atoms with van der Waals surface area (Å²) in [7, 11) is 0. The SMILES string of the molecule is CCn1ncc(Cl)c1C(=O)N1CCN(Cc2cccc(C(F)(F)F)c2)CC1. The lowest BCUT2D eigenvalue weighted by molar-refractivity contribution is -0.137. The van der Waals surface area contributed by atoms with E-state index in [4.69, 9.17) is 11.6 Å². The lowest BCUT2D eigenvalue weighted by Gasteiger charge is -2.34. The van der Waals surface area contributed by atoms with Gasteiger partial charge in [-0.2, -0.15) is 18.3 Å². The number of benzene rings is 1. The lowest BCUT2D eigenvalue weighted by atomic mass is 10.1. The number of alkyl halides is 3. The van der Waals surface area contributed by atoms with E-state index in [1.807, 2.05) is 11.8 Å². The van der Waals surface area contributed by atoms with E-state index < -0.39 is 11.7 Å². The summed E-state index contributed by atoms with van der Waals surface area (Å²) in [5.41, 5.74) is 0.346. The van der Waals surface area contributed by atoms with E-state index in [0.29, 0.717) is 55.5 Å². The number of halogens is 4. The Morgan fingerprint density at radius 1 is 1.22 bits per heavy atom. The van der Waals surface area contributed by atoms with E-state index in [9.17, 15) is 18.0 Å². The minimum Gasteiger partial charge on any atom is -0.335 e. The maximum atomic E-state index is 12.8. The van der Waals surface area contributed by atoms with Crippen LogP contribution in [0.3, 0.4) is 0 Å². The van der Waals surface area contributed by atoms with Gasteiger partial charge in [-0.25, -0.2) is 0 Å². The molecule has 0 saturated carbocycles. The third-order valence-corrected chi connectivity index (χ3v) is 4.89. The molecule has 5 nitrogen and oxygen atoms in total. The smallest absolute Gasteiger partial charge is 0.335 e. The molecule has 9 heteroatoms. The van der Waals surface area contributed by atoms with Crippen LogP contribution in [0.15, 0.2) is 30.5 Å². The third kappa shape index (κ3) is 4.44. The molecule has 146 valence electrons. The van der Waals surface area contributed by atoms with Gasteiger partial charge < -0.3 is 4.90 Å². The molecular weight excluding hydrogens is 381 g/mol. The van der Waals surface area contributed by atoms with Crippen LogP contribution in [0, 0.1) is 0 Å². The average Bonchev–Trinajstić information content (AvgIpc) is 3.02. The van der Waals surface area contributed by atoms with E-state index in [1.54, 1.807) is 15.6 Å². The fourth-order valence-corrected chi connectivity index (χ4v) is 3.40. The number of nitrogens with zero attached hydrogens (tertiary/aromatic N) is 4. The quantitative estimate of drug-likeness (QED) is 0.788. The molecule has 1 saturated heterocycles. The van der Waals surface area contributed by atoms with Gasteiger partial charge in [0.2, 0.25) is 0 Å². The molecule has 1 aliphatic heterocycles. The molecule has 3 rings (SSSR count). The summed E-state index contributed by atoms with van der Waals surface area (Å²) in [4.78, 5) is 16.5. The van der Waals surface area contributed by atoms with Gasteiger partial charge in [0.15, 0.2) is 0 Å². The summed E-state index contributed by atoms with van der Waals surface area (Å²) >= 11 is 6.09. The number of amides is 1. The van der Waals surface area contributed by atoms with Crippen LogP contribution in [-0.4, -0.2) is 51.7 Å². The first-order chi connectivity index (χ1) is 12.8. The van der Waals surface area contributed by atoms with Crippen LogP contribution >= 0.6 is 11.6 Å². The van der Waals surface area contributed by atoms with Gasteiger partial charge in [-0.15, -0.1) is 0 Å². The maximum absolute atomic E-state index is 12.8. The number of aromatic nitrogens is 2. The molecule has 0 aliphatic carbocycles. The summed E-state index contributed by atoms with van der Waals surface area (Å²) < 4.78 is 40.1. The molecule has 0 spiro atoms. The predicted molar refractivity (Wildman–Crippen MR) is 95.5 cm³/mol. The van der Waals surface area contributed by atoms with Crippen LogP contribution in [0.1, 0.15) is 28.5 Å². The van der Waals surface area contributed by atoms with Crippen molar-refractivity contribution >= 4 is 17.5 Å². The van der Waals surface area contributed by atoms with E-state index in [1.165, 1.54) is 18.3 Å². The van der Waals surface area contributed by atoms with Crippen molar-refractivity contribution in [1.29, 1.82) is 0 Å². The first-order valence-corrected chi connectivity index (χ1v) is 9.06. The molecule has 27 heavy (non-hydrogen) atoms. The van der Waals surface area contributed by atoms with Gasteiger partial charge in [0.05, 0.1) is 16.8 Å². The zero-order valence-corrected chi connectivity index (χ0v) is 15.6. The van der Waals surface area contributed by atoms with Gasteiger partial charge in [-0.3, -0.25) is 14.4 Å². The summed E-state index contributed by atoms with van der Waals surface area (Å²) in [6.07, 6.45) is -2.88. The molecule has 0 radical (unpaired) electrons. The van der Waals surface area contributed by atoms with Crippen molar-refractivity contribution in [2.75, 3.05) is 26.2 Å². The summed E-state index contributed by atoms with van der Waals surface area (Å²) in [6, 6.07) is 5.36. The van der Waals surface area contributed by atoms with Crippen LogP contribution in [0.5, 0.6) is 0 Å². The van der Waals surface area contributed by atoms with E-state index >= 15 is 0 Å². The number of carbonyl (C=O) groups is 1. The van der Waals surface area contributed by atoms with Gasteiger partial charge in [-0.1, -0.05) is 29.8 Å². The van der Waals surface area contributed by atoms with Gasteiger partial charge in [0.25, 0.3) is 5.91 Å². The number of rotatable bonds is 4. The Hall–Kier alpha value is -2.06. The van der Waals surface area contributed by atoms with Gasteiger partial charge in [0.1, 0.15) is 5.69 Å². The highest BCUT2D eigenvalue weighted by Gasteiger charge is 2.31. The Kier molecular flexibility index (Phi) is 5.76. The van der Waals surface area contributed by atoms with Crippen molar-refractivity contribution in [2.24, 2.45) is 0 Å². The Morgan fingerprint density at radius 3 is 2.56 bits per heavy atom. The van der Waals surface area contributed by atoms with Crippen molar-refractivity contribution in [3.05, 3.63) is 52.3 Å². The van der Waals surface area contributed by atoms with Crippen molar-refractivity contribution in [3.8, 4) is 0 Å². The minimum absolute atomic E-state index is 0.168. The summed E-state index contributed by atoms with van der Waals surface area (Å²) in [6.45, 7) is 4.99. The van der Waals surface area contributed by atoms with Crippen molar-refractivity contribution in [3.63, 3.8) is 0 Å². The molecule has 2 heterocycles. The molecule has 0 bridgehead atoms. The molecule has 1 aliphatic rings. The largest absolute Gasteiger partial charge is 0.416 e. The molecule has 1 fully saturated rings. The average molecular weight is 401 g/mol. The van der Waals surface area contributed by atoms with Crippen LogP contribution in [0.4, 0.5) is 13.2 Å². The van der Waals surface area contributed by atoms with Gasteiger partial charge in [-0.05, 0) is 18.6 Å². The topological polar surface area (TPSA) is 41.4 Å². The van der Waals surface area contributed by atoms with E-state index in [-0.39, 0.29) is 5.91 Å². The maximum Gasteiger partial charge on any atom is 0.416 e. The normalized spacial score (nSPS) is 16.0. The Bertz CT molecular complexity index is 813. The molecule has 1 amide bonds. The van der Waals surface area contributed by atoms with Crippen LogP contribution in [-0.2, 0) is 19.3 Å². The second kappa shape index (κ2) is 7.90. The molecule has 0 atom stereocenters. The van der Waals surface area contributed by atoms with Gasteiger partial charge in [0, 0.05) is 39.3 Å². The highest BCUT2D eigenvalue weighted by atomic mass is 35.5. The number of hydrogen-bond acceptors (Lipinski definition) is 3. The molecule has 0 unspecified atom stereocenters. The number of piperazine rings is 1. The van der Waals surface area contributed by atoms with Crippen LogP contribution in [0.2, 0.25) is 5.02 Å². The first-order valence-electron chi connectivity index (χ1n) is 8.68. The van der Waals surface area contributed by atoms with E-state index in [2.05, 4.69) is 5.10 Å². The fraction of sp³-hybridized carbons (Fsp3) is 0.444. The Balaban J connectivity index is 1.61. The molecule has 1 aromatic heterocycles. The van der Waals surface area contributed by atoms with Gasteiger partial charge >= 0.3 is 6.18 Å². The highest BCUT2D eigenvalue weighted by Crippen LogP contribution is 2.29. The minimum atomic E-state index is -4.34. The number of aryl methyl sites for hydroxylation is 1. The molecule has 2 aromatic rings. The Morgan fingerprint density at radius 2 is 1.93 bits per heavy atom. The summed E-state index contributed by atoms with van der Waals surface area (Å²) in [5, 5.41) is 4.41. The van der Waals surface area contributed by atoms with Crippen molar-refractivity contribution in [2.45, 2.75) is 26.2 Å². The fourth-order valence-electron chi connectivity index (χ4n) is 3.18. The number of carbonyl (C=O) groups excluding carboxylic acids is 1. The Labute approximate surface area is 160 Å². The predicted octanol–water partition coefficient (Wildman–Crippen LogP) is 3.53. The highest BCUT2D eigenvalue weighted by molar-refractivity contribution is 6.33. The van der Waals surface area contributed by atoms with Crippen LogP contribution < -0.4 is 0 Å². The molecular formula is C18H20ClF3N4O. The van der Waals surface area contributed by atoms with Crippen molar-refractivity contribution in [1.82, 2.24) is 19.6 Å². The number of hydrogen-bond donors (Lipinski definition) is 0. The monoisotopic (exact) mass is 400 g/mol. The standard InChI is InChI=1S/C18H20ClF3N4O/c1-2-26-16(15(19)11-23-26)17(27)25-8-6-24(7-9-25)12-13-4-3-5-14(10-13)18(20,21)22/h3-5,10-11H,2,6-9,12H2,1H3. The second-order valence-corrected chi connectivity index (χ2v) is 6.83. The van der Waals surface area contributed by atoms with Crippen molar-refractivity contribution < 1.29 is 18.0 Å². The molecule has 1 aromatic carbocycles. The lowest BCUT2D eigenvalue weighted by Crippen LogP contribution is -2.48. The second-order valence-electron chi connectivity index (χ2n) is 6.42. The van der Waals surface area contributed by atoms with E-state index in [0.717, 1.165) is 6.07 Å². The zero-order chi connectivity index (χ0) is 19.6. The summed E-state index contributed by atoms with van der Waals surface area (Å²) in [5.74, 6) is -0.168. The zero-order valence-electron chi connectivity index (χ0n) is 14.8. The molecule has 0 N–H and O–H groups in total. The van der Waals surface area contributed by atoms with Crippen LogP contribution in [0.25, 0.3) is 0 Å².